The number of carbonyl (C=O) groups excluding carboxylic acids is 1. The standard InChI is InChI=1S/C26H34N8O2/c1-6-24(35)29-20-12-21(23(36-5)13-22(20)33(4)10-9-32(2)3)30-26-28-15-18(14-27)25(31-26)34-16-17-7-8-19(34)11-17/h6,12-13,15,17,19H,1,7-11,16H2,2-5H3,(H,29,35)(H,28,30,31). The number of rotatable bonds is 10. The molecule has 36 heavy (non-hydrogen) atoms. The summed E-state index contributed by atoms with van der Waals surface area (Å²) in [7, 11) is 7.59. The summed E-state index contributed by atoms with van der Waals surface area (Å²) in [4.78, 5) is 27.7. The van der Waals surface area contributed by atoms with Gasteiger partial charge in [-0.1, -0.05) is 6.58 Å². The summed E-state index contributed by atoms with van der Waals surface area (Å²) >= 11 is 0. The van der Waals surface area contributed by atoms with Crippen LogP contribution in [-0.2, 0) is 4.79 Å². The Balaban J connectivity index is 1.67. The molecule has 2 aliphatic rings. The van der Waals surface area contributed by atoms with Crippen LogP contribution >= 0.6 is 0 Å². The zero-order chi connectivity index (χ0) is 25.8. The molecule has 2 bridgehead atoms. The molecular formula is C26H34N8O2. The monoisotopic (exact) mass is 490 g/mol. The second-order valence-corrected chi connectivity index (χ2v) is 9.64. The van der Waals surface area contributed by atoms with E-state index in [1.165, 1.54) is 12.5 Å². The number of aromatic nitrogens is 2. The van der Waals surface area contributed by atoms with E-state index in [0.717, 1.165) is 38.2 Å². The lowest BCUT2D eigenvalue weighted by molar-refractivity contribution is -0.111. The number of likely N-dealkylation sites (N-methyl/N-ethyl adjacent to an activating group) is 2. The predicted octanol–water partition coefficient (Wildman–Crippen LogP) is 3.21. The van der Waals surface area contributed by atoms with Gasteiger partial charge in [0.25, 0.3) is 0 Å². The van der Waals surface area contributed by atoms with Crippen LogP contribution in [0.15, 0.2) is 31.0 Å². The molecule has 2 heterocycles. The number of nitriles is 1. The number of nitrogens with zero attached hydrogens (tertiary/aromatic N) is 6. The van der Waals surface area contributed by atoms with E-state index in [-0.39, 0.29) is 5.91 Å². The Bertz CT molecular complexity index is 1180. The minimum absolute atomic E-state index is 0.311. The zero-order valence-corrected chi connectivity index (χ0v) is 21.4. The molecule has 10 heteroatoms. The Morgan fingerprint density at radius 3 is 2.72 bits per heavy atom. The third-order valence-corrected chi connectivity index (χ3v) is 6.87. The average molecular weight is 491 g/mol. The number of benzene rings is 1. The van der Waals surface area contributed by atoms with Crippen molar-refractivity contribution < 1.29 is 9.53 Å². The predicted molar refractivity (Wildman–Crippen MR) is 142 cm³/mol. The maximum Gasteiger partial charge on any atom is 0.247 e. The molecular weight excluding hydrogens is 456 g/mol. The van der Waals surface area contributed by atoms with Crippen LogP contribution in [0, 0.1) is 17.2 Å². The van der Waals surface area contributed by atoms with Crippen molar-refractivity contribution in [2.24, 2.45) is 5.92 Å². The van der Waals surface area contributed by atoms with Crippen LogP contribution in [0.2, 0.25) is 0 Å². The topological polar surface area (TPSA) is 110 Å². The van der Waals surface area contributed by atoms with Crippen molar-refractivity contribution in [3.05, 3.63) is 36.5 Å². The quantitative estimate of drug-likeness (QED) is 0.485. The third kappa shape index (κ3) is 5.36. The molecule has 1 saturated carbocycles. The molecule has 1 aromatic carbocycles. The molecule has 0 spiro atoms. The van der Waals surface area contributed by atoms with Gasteiger partial charge in [-0.2, -0.15) is 10.2 Å². The second kappa shape index (κ2) is 10.8. The molecule has 0 radical (unpaired) electrons. The Hall–Kier alpha value is -3.84. The summed E-state index contributed by atoms with van der Waals surface area (Å²) in [5.74, 6) is 1.96. The van der Waals surface area contributed by atoms with Crippen LogP contribution < -0.4 is 25.2 Å². The normalized spacial score (nSPS) is 18.2. The number of hydrogen-bond acceptors (Lipinski definition) is 9. The number of fused-ring (bicyclic) bond motifs is 2. The van der Waals surface area contributed by atoms with Crippen molar-refractivity contribution >= 4 is 34.7 Å². The molecule has 2 unspecified atom stereocenters. The Kier molecular flexibility index (Phi) is 7.60. The summed E-state index contributed by atoms with van der Waals surface area (Å²) in [6.45, 7) is 6.08. The number of piperidine rings is 1. The minimum Gasteiger partial charge on any atom is -0.494 e. The van der Waals surface area contributed by atoms with Crippen LogP contribution in [0.5, 0.6) is 5.75 Å². The number of amides is 1. The van der Waals surface area contributed by atoms with Gasteiger partial charge in [0, 0.05) is 38.8 Å². The summed E-state index contributed by atoms with van der Waals surface area (Å²) < 4.78 is 5.68. The van der Waals surface area contributed by atoms with Crippen molar-refractivity contribution in [2.45, 2.75) is 25.3 Å². The molecule has 1 aliphatic carbocycles. The third-order valence-electron chi connectivity index (χ3n) is 6.87. The van der Waals surface area contributed by atoms with Crippen molar-refractivity contribution in [2.75, 3.05) is 68.3 Å². The van der Waals surface area contributed by atoms with Gasteiger partial charge < -0.3 is 30.1 Å². The first kappa shape index (κ1) is 25.3. The molecule has 4 rings (SSSR count). The summed E-state index contributed by atoms with van der Waals surface area (Å²) in [6.07, 6.45) is 6.32. The van der Waals surface area contributed by atoms with Gasteiger partial charge in [0.1, 0.15) is 17.4 Å². The van der Waals surface area contributed by atoms with Gasteiger partial charge in [-0.05, 0) is 51.4 Å². The average Bonchev–Trinajstić information content (AvgIpc) is 3.51. The maximum absolute atomic E-state index is 12.2. The Morgan fingerprint density at radius 2 is 2.11 bits per heavy atom. The molecule has 2 aromatic rings. The number of nitrogens with one attached hydrogen (secondary N) is 2. The number of methoxy groups -OCH3 is 1. The highest BCUT2D eigenvalue weighted by Gasteiger charge is 2.39. The maximum atomic E-state index is 12.2. The van der Waals surface area contributed by atoms with Gasteiger partial charge in [0.05, 0.1) is 30.4 Å². The molecule has 1 saturated heterocycles. The first-order valence-electron chi connectivity index (χ1n) is 12.1. The fourth-order valence-electron chi connectivity index (χ4n) is 4.94. The van der Waals surface area contributed by atoms with E-state index < -0.39 is 0 Å². The minimum atomic E-state index is -0.311. The van der Waals surface area contributed by atoms with E-state index in [1.807, 2.05) is 27.2 Å². The van der Waals surface area contributed by atoms with Gasteiger partial charge in [0.2, 0.25) is 11.9 Å². The largest absolute Gasteiger partial charge is 0.494 e. The fraction of sp³-hybridized carbons (Fsp3) is 0.462. The van der Waals surface area contributed by atoms with Crippen LogP contribution in [0.4, 0.5) is 28.8 Å². The molecule has 1 amide bonds. The molecule has 2 fully saturated rings. The zero-order valence-electron chi connectivity index (χ0n) is 21.4. The van der Waals surface area contributed by atoms with Crippen molar-refractivity contribution in [3.8, 4) is 11.8 Å². The summed E-state index contributed by atoms with van der Waals surface area (Å²) in [6, 6.07) is 6.35. The van der Waals surface area contributed by atoms with E-state index in [1.54, 1.807) is 19.4 Å². The highest BCUT2D eigenvalue weighted by atomic mass is 16.5. The number of hydrogen-bond donors (Lipinski definition) is 2. The van der Waals surface area contributed by atoms with E-state index in [9.17, 15) is 10.1 Å². The molecule has 2 N–H and O–H groups in total. The van der Waals surface area contributed by atoms with Crippen LogP contribution in [0.25, 0.3) is 0 Å². The molecule has 1 aliphatic heterocycles. The lowest BCUT2D eigenvalue weighted by Crippen LogP contribution is -2.33. The Labute approximate surface area is 212 Å². The van der Waals surface area contributed by atoms with E-state index in [0.29, 0.717) is 46.4 Å². The van der Waals surface area contributed by atoms with Gasteiger partial charge in [0.15, 0.2) is 5.82 Å². The summed E-state index contributed by atoms with van der Waals surface area (Å²) in [5, 5.41) is 15.8. The second-order valence-electron chi connectivity index (χ2n) is 9.64. The van der Waals surface area contributed by atoms with E-state index >= 15 is 0 Å². The van der Waals surface area contributed by atoms with Crippen molar-refractivity contribution in [1.29, 1.82) is 5.26 Å². The first-order valence-corrected chi connectivity index (χ1v) is 12.1. The van der Waals surface area contributed by atoms with Gasteiger partial charge in [-0.15, -0.1) is 0 Å². The van der Waals surface area contributed by atoms with E-state index in [2.05, 4.69) is 43.0 Å². The van der Waals surface area contributed by atoms with Crippen molar-refractivity contribution in [1.82, 2.24) is 14.9 Å². The fourth-order valence-corrected chi connectivity index (χ4v) is 4.94. The molecule has 190 valence electrons. The van der Waals surface area contributed by atoms with Gasteiger partial charge in [-0.25, -0.2) is 4.98 Å². The lowest BCUT2D eigenvalue weighted by Gasteiger charge is -2.29. The van der Waals surface area contributed by atoms with Gasteiger partial charge >= 0.3 is 0 Å². The highest BCUT2D eigenvalue weighted by molar-refractivity contribution is 6.02. The van der Waals surface area contributed by atoms with Gasteiger partial charge in [-0.3, -0.25) is 4.79 Å². The molecule has 2 atom stereocenters. The highest BCUT2D eigenvalue weighted by Crippen LogP contribution is 2.41. The van der Waals surface area contributed by atoms with Crippen LogP contribution in [0.3, 0.4) is 0 Å². The van der Waals surface area contributed by atoms with Crippen molar-refractivity contribution in [3.63, 3.8) is 0 Å². The van der Waals surface area contributed by atoms with E-state index in [4.69, 9.17) is 9.72 Å². The Morgan fingerprint density at radius 1 is 1.31 bits per heavy atom. The molecule has 1 aromatic heterocycles. The number of ether oxygens (including phenoxy) is 1. The smallest absolute Gasteiger partial charge is 0.247 e. The first-order chi connectivity index (χ1) is 17.3. The number of anilines is 5. The molecule has 10 nitrogen and oxygen atoms in total. The summed E-state index contributed by atoms with van der Waals surface area (Å²) in [5.41, 5.74) is 2.48. The van der Waals surface area contributed by atoms with Crippen LogP contribution in [0.1, 0.15) is 24.8 Å². The number of carbonyl (C=O) groups is 1. The lowest BCUT2D eigenvalue weighted by atomic mass is 10.1. The van der Waals surface area contributed by atoms with Crippen LogP contribution in [-0.4, -0.2) is 74.7 Å². The SMILES string of the molecule is C=CC(=O)Nc1cc(Nc2ncc(C#N)c(N3CC4CCC3C4)n2)c(OC)cc1N(C)CCN(C)C.